The van der Waals surface area contributed by atoms with Crippen LogP contribution in [0.25, 0.3) is 0 Å². The predicted molar refractivity (Wildman–Crippen MR) is 96.8 cm³/mol. The van der Waals surface area contributed by atoms with Gasteiger partial charge in [0, 0.05) is 0 Å². The van der Waals surface area contributed by atoms with Crippen LogP contribution in [0, 0.1) is 6.92 Å². The summed E-state index contributed by atoms with van der Waals surface area (Å²) >= 11 is 0. The molecule has 1 heterocycles. The van der Waals surface area contributed by atoms with Gasteiger partial charge in [-0.05, 0) is 80.3 Å². The van der Waals surface area contributed by atoms with E-state index >= 15 is 0 Å². The minimum atomic E-state index is 0.170. The fraction of sp³-hybridized carbons (Fsp3) is 0.455. The van der Waals surface area contributed by atoms with Gasteiger partial charge in [0.25, 0.3) is 0 Å². The maximum Gasteiger partial charge on any atom is 0.124 e. The quantitative estimate of drug-likeness (QED) is 0.714. The van der Waals surface area contributed by atoms with Gasteiger partial charge in [-0.15, -0.1) is 0 Å². The molecule has 1 fully saturated rings. The zero-order valence-corrected chi connectivity index (χ0v) is 14.5. The summed E-state index contributed by atoms with van der Waals surface area (Å²) in [6.07, 6.45) is 9.02. The fourth-order valence-corrected chi connectivity index (χ4v) is 3.98. The average Bonchev–Trinajstić information content (AvgIpc) is 2.63. The van der Waals surface area contributed by atoms with Gasteiger partial charge in [0.05, 0.1) is 6.10 Å². The highest BCUT2D eigenvalue weighted by Gasteiger charge is 2.23. The van der Waals surface area contributed by atoms with Gasteiger partial charge in [-0.3, -0.25) is 0 Å². The minimum Gasteiger partial charge on any atom is -0.490 e. The number of benzene rings is 2. The molecule has 1 aliphatic heterocycles. The smallest absolute Gasteiger partial charge is 0.124 e. The van der Waals surface area contributed by atoms with Crippen molar-refractivity contribution in [3.8, 4) is 11.5 Å². The molecule has 2 aromatic carbocycles. The van der Waals surface area contributed by atoms with E-state index in [4.69, 9.17) is 9.47 Å². The molecule has 1 atom stereocenters. The molecule has 1 aliphatic carbocycles. The van der Waals surface area contributed by atoms with Crippen LogP contribution in [0.15, 0.2) is 42.5 Å². The van der Waals surface area contributed by atoms with Crippen LogP contribution in [0.1, 0.15) is 61.3 Å². The van der Waals surface area contributed by atoms with E-state index in [9.17, 15) is 0 Å². The summed E-state index contributed by atoms with van der Waals surface area (Å²) in [6, 6.07) is 14.9. The molecule has 1 saturated carbocycles. The van der Waals surface area contributed by atoms with E-state index in [-0.39, 0.29) is 6.10 Å². The van der Waals surface area contributed by atoms with E-state index in [2.05, 4.69) is 49.4 Å². The van der Waals surface area contributed by atoms with Crippen molar-refractivity contribution < 1.29 is 9.47 Å². The first-order chi connectivity index (χ1) is 11.8. The summed E-state index contributed by atoms with van der Waals surface area (Å²) < 4.78 is 12.5. The Hall–Kier alpha value is -1.96. The van der Waals surface area contributed by atoms with Crippen molar-refractivity contribution in [3.63, 3.8) is 0 Å². The molecule has 0 radical (unpaired) electrons. The van der Waals surface area contributed by atoms with Gasteiger partial charge in [0.2, 0.25) is 0 Å². The molecule has 0 amide bonds. The molecule has 0 spiro atoms. The molecule has 4 rings (SSSR count). The summed E-state index contributed by atoms with van der Waals surface area (Å²) in [5.74, 6) is 2.03. The third kappa shape index (κ3) is 3.28. The zero-order valence-electron chi connectivity index (χ0n) is 14.5. The third-order valence-electron chi connectivity index (χ3n) is 5.37. The predicted octanol–water partition coefficient (Wildman–Crippen LogP) is 5.77. The van der Waals surface area contributed by atoms with Crippen LogP contribution in [-0.4, -0.2) is 6.10 Å². The van der Waals surface area contributed by atoms with Crippen LogP contribution in [0.3, 0.4) is 0 Å². The first-order valence-corrected chi connectivity index (χ1v) is 9.31. The van der Waals surface area contributed by atoms with Crippen LogP contribution in [0.4, 0.5) is 0 Å². The largest absolute Gasteiger partial charge is 0.490 e. The number of ether oxygens (including phenoxy) is 2. The Morgan fingerprint density at radius 3 is 2.62 bits per heavy atom. The monoisotopic (exact) mass is 322 g/mol. The number of hydrogen-bond donors (Lipinski definition) is 0. The van der Waals surface area contributed by atoms with Gasteiger partial charge in [-0.1, -0.05) is 30.7 Å². The molecule has 0 bridgehead atoms. The molecule has 2 nitrogen and oxygen atoms in total. The summed E-state index contributed by atoms with van der Waals surface area (Å²) in [7, 11) is 0. The van der Waals surface area contributed by atoms with E-state index in [1.54, 1.807) is 0 Å². The number of aryl methyl sites for hydroxylation is 2. The van der Waals surface area contributed by atoms with Gasteiger partial charge in [0.15, 0.2) is 0 Å². The Labute approximate surface area is 144 Å². The number of fused-ring (bicyclic) bond motifs is 1. The van der Waals surface area contributed by atoms with Gasteiger partial charge in [-0.25, -0.2) is 0 Å². The van der Waals surface area contributed by atoms with Crippen molar-refractivity contribution in [1.82, 2.24) is 0 Å². The first-order valence-electron chi connectivity index (χ1n) is 9.31. The molecule has 24 heavy (non-hydrogen) atoms. The lowest BCUT2D eigenvalue weighted by Crippen LogP contribution is -2.20. The lowest BCUT2D eigenvalue weighted by atomic mass is 9.94. The van der Waals surface area contributed by atoms with Crippen molar-refractivity contribution in [2.75, 3.05) is 0 Å². The highest BCUT2D eigenvalue weighted by atomic mass is 16.5. The molecule has 126 valence electrons. The van der Waals surface area contributed by atoms with Crippen LogP contribution in [-0.2, 0) is 6.42 Å². The van der Waals surface area contributed by atoms with Crippen LogP contribution >= 0.6 is 0 Å². The molecule has 0 N–H and O–H groups in total. The van der Waals surface area contributed by atoms with Gasteiger partial charge < -0.3 is 9.47 Å². The molecule has 2 heteroatoms. The Morgan fingerprint density at radius 2 is 1.79 bits per heavy atom. The van der Waals surface area contributed by atoms with E-state index in [0.29, 0.717) is 6.10 Å². The molecule has 0 unspecified atom stereocenters. The Bertz CT molecular complexity index is 701. The maximum absolute atomic E-state index is 6.29. The SMILES string of the molecule is Cc1ccccc1[C@H]1CCc2cc(OC3CCCCC3)ccc2O1. The molecule has 0 saturated heterocycles. The van der Waals surface area contributed by atoms with Crippen molar-refractivity contribution >= 4 is 0 Å². The summed E-state index contributed by atoms with van der Waals surface area (Å²) in [6.45, 7) is 2.16. The van der Waals surface area contributed by atoms with Gasteiger partial charge in [-0.2, -0.15) is 0 Å². The molecule has 2 aliphatic rings. The zero-order chi connectivity index (χ0) is 16.4. The van der Waals surface area contributed by atoms with Crippen molar-refractivity contribution in [3.05, 3.63) is 59.2 Å². The second-order valence-electron chi connectivity index (χ2n) is 7.15. The van der Waals surface area contributed by atoms with E-state index in [1.807, 2.05) is 0 Å². The highest BCUT2D eigenvalue weighted by molar-refractivity contribution is 5.43. The highest BCUT2D eigenvalue weighted by Crippen LogP contribution is 2.38. The second-order valence-corrected chi connectivity index (χ2v) is 7.15. The van der Waals surface area contributed by atoms with Crippen molar-refractivity contribution in [1.29, 1.82) is 0 Å². The molecule has 2 aromatic rings. The Balaban J connectivity index is 1.48. The molecule has 0 aromatic heterocycles. The number of hydrogen-bond acceptors (Lipinski definition) is 2. The van der Waals surface area contributed by atoms with E-state index in [0.717, 1.165) is 24.3 Å². The second kappa shape index (κ2) is 6.88. The van der Waals surface area contributed by atoms with Crippen LogP contribution in [0.5, 0.6) is 11.5 Å². The van der Waals surface area contributed by atoms with E-state index < -0.39 is 0 Å². The summed E-state index contributed by atoms with van der Waals surface area (Å²) in [4.78, 5) is 0. The van der Waals surface area contributed by atoms with Crippen molar-refractivity contribution in [2.24, 2.45) is 0 Å². The topological polar surface area (TPSA) is 18.5 Å². The lowest BCUT2D eigenvalue weighted by molar-refractivity contribution is 0.152. The minimum absolute atomic E-state index is 0.170. The standard InChI is InChI=1S/C22H26O2/c1-16-7-5-6-10-20(16)22-13-11-17-15-19(12-14-21(17)24-22)23-18-8-3-2-4-9-18/h5-7,10,12,14-15,18,22H,2-4,8-9,11,13H2,1H3/t22-/m1/s1. The van der Waals surface area contributed by atoms with E-state index in [1.165, 1.54) is 48.8 Å². The lowest BCUT2D eigenvalue weighted by Gasteiger charge is -2.28. The first kappa shape index (κ1) is 15.6. The van der Waals surface area contributed by atoms with Crippen LogP contribution in [0.2, 0.25) is 0 Å². The number of rotatable bonds is 3. The average molecular weight is 322 g/mol. The Kier molecular flexibility index (Phi) is 4.46. The van der Waals surface area contributed by atoms with Gasteiger partial charge in [0.1, 0.15) is 17.6 Å². The maximum atomic E-state index is 6.29. The third-order valence-corrected chi connectivity index (χ3v) is 5.37. The molecular weight excluding hydrogens is 296 g/mol. The van der Waals surface area contributed by atoms with Crippen molar-refractivity contribution in [2.45, 2.75) is 64.1 Å². The van der Waals surface area contributed by atoms with Gasteiger partial charge >= 0.3 is 0 Å². The fourth-order valence-electron chi connectivity index (χ4n) is 3.98. The molecular formula is C22H26O2. The summed E-state index contributed by atoms with van der Waals surface area (Å²) in [5.41, 5.74) is 3.90. The normalized spacial score (nSPS) is 21.0. The summed E-state index contributed by atoms with van der Waals surface area (Å²) in [5, 5.41) is 0. The Morgan fingerprint density at radius 1 is 0.958 bits per heavy atom. The van der Waals surface area contributed by atoms with Crippen LogP contribution < -0.4 is 9.47 Å².